The molecule has 1 aromatic rings. The van der Waals surface area contributed by atoms with Gasteiger partial charge in [-0.3, -0.25) is 4.90 Å². The molecule has 4 nitrogen and oxygen atoms in total. The molecule has 2 rings (SSSR count). The number of rotatable bonds is 4. The van der Waals surface area contributed by atoms with Crippen LogP contribution >= 0.6 is 0 Å². The van der Waals surface area contributed by atoms with Crippen molar-refractivity contribution in [2.75, 3.05) is 38.6 Å². The lowest BCUT2D eigenvalue weighted by Gasteiger charge is -2.32. The number of hydrogen-bond donors (Lipinski definition) is 1. The molecule has 1 saturated heterocycles. The minimum atomic E-state index is 0.158. The largest absolute Gasteiger partial charge is 0.491 e. The number of anilines is 1. The van der Waals surface area contributed by atoms with E-state index >= 15 is 0 Å². The van der Waals surface area contributed by atoms with Gasteiger partial charge in [0.05, 0.1) is 6.61 Å². The molecule has 2 N–H and O–H groups in total. The van der Waals surface area contributed by atoms with E-state index < -0.39 is 0 Å². The fraction of sp³-hybridized carbons (Fsp3) is 0.600. The van der Waals surface area contributed by atoms with E-state index in [9.17, 15) is 0 Å². The molecule has 0 spiro atoms. The van der Waals surface area contributed by atoms with Crippen molar-refractivity contribution in [1.82, 2.24) is 4.90 Å². The summed E-state index contributed by atoms with van der Waals surface area (Å²) in [4.78, 5) is 2.39. The van der Waals surface area contributed by atoms with Crippen molar-refractivity contribution in [3.63, 3.8) is 0 Å². The molecule has 0 amide bonds. The van der Waals surface area contributed by atoms with E-state index in [1.165, 1.54) is 0 Å². The molecule has 0 aliphatic carbocycles. The van der Waals surface area contributed by atoms with Crippen LogP contribution < -0.4 is 10.5 Å². The van der Waals surface area contributed by atoms with Crippen LogP contribution in [0.15, 0.2) is 12.1 Å². The second-order valence-electron chi connectivity index (χ2n) is 5.17. The van der Waals surface area contributed by atoms with E-state index in [2.05, 4.69) is 11.8 Å². The Kier molecular flexibility index (Phi) is 4.66. The highest BCUT2D eigenvalue weighted by molar-refractivity contribution is 5.53. The van der Waals surface area contributed by atoms with E-state index in [-0.39, 0.29) is 6.10 Å². The molecule has 4 heteroatoms. The van der Waals surface area contributed by atoms with Gasteiger partial charge in [-0.1, -0.05) is 6.92 Å². The van der Waals surface area contributed by atoms with Crippen LogP contribution in [-0.2, 0) is 4.74 Å². The van der Waals surface area contributed by atoms with Gasteiger partial charge in [0, 0.05) is 18.8 Å². The fourth-order valence-corrected chi connectivity index (χ4v) is 2.32. The molecule has 1 unspecified atom stereocenters. The summed E-state index contributed by atoms with van der Waals surface area (Å²) in [5, 5.41) is 0. The van der Waals surface area contributed by atoms with Crippen molar-refractivity contribution in [3.8, 4) is 5.75 Å². The fourth-order valence-electron chi connectivity index (χ4n) is 2.32. The second kappa shape index (κ2) is 6.26. The Morgan fingerprint density at radius 2 is 2.16 bits per heavy atom. The standard InChI is InChI=1S/C15H24N2O2/c1-4-17-5-6-18-13(9-17)10-19-15-8-11(2)14(16)7-12(15)3/h7-8,13H,4-6,9-10,16H2,1-3H3. The molecule has 0 bridgehead atoms. The molecule has 1 atom stereocenters. The average Bonchev–Trinajstić information content (AvgIpc) is 2.41. The lowest BCUT2D eigenvalue weighted by atomic mass is 10.1. The molecule has 1 aliphatic heterocycles. The highest BCUT2D eigenvalue weighted by atomic mass is 16.5. The van der Waals surface area contributed by atoms with Gasteiger partial charge < -0.3 is 15.2 Å². The Balaban J connectivity index is 1.93. The first-order valence-corrected chi connectivity index (χ1v) is 6.93. The minimum absolute atomic E-state index is 0.158. The Morgan fingerprint density at radius 1 is 1.37 bits per heavy atom. The lowest BCUT2D eigenvalue weighted by molar-refractivity contribution is -0.0464. The van der Waals surface area contributed by atoms with Gasteiger partial charge in [-0.25, -0.2) is 0 Å². The quantitative estimate of drug-likeness (QED) is 0.845. The summed E-state index contributed by atoms with van der Waals surface area (Å²) in [5.74, 6) is 0.906. The highest BCUT2D eigenvalue weighted by Gasteiger charge is 2.20. The first-order valence-electron chi connectivity index (χ1n) is 6.93. The Morgan fingerprint density at radius 3 is 2.89 bits per heavy atom. The van der Waals surface area contributed by atoms with Crippen LogP contribution in [0.25, 0.3) is 0 Å². The summed E-state index contributed by atoms with van der Waals surface area (Å²) in [6.07, 6.45) is 0.158. The minimum Gasteiger partial charge on any atom is -0.491 e. The van der Waals surface area contributed by atoms with Crippen molar-refractivity contribution in [3.05, 3.63) is 23.3 Å². The molecule has 1 heterocycles. The SMILES string of the molecule is CCN1CCOC(COc2cc(C)c(N)cc2C)C1. The predicted molar refractivity (Wildman–Crippen MR) is 77.7 cm³/mol. The van der Waals surface area contributed by atoms with Crippen molar-refractivity contribution in [2.24, 2.45) is 0 Å². The third kappa shape index (κ3) is 3.61. The number of nitrogens with two attached hydrogens (primary N) is 1. The van der Waals surface area contributed by atoms with Crippen LogP contribution in [0.5, 0.6) is 5.75 Å². The summed E-state index contributed by atoms with van der Waals surface area (Å²) < 4.78 is 11.6. The smallest absolute Gasteiger partial charge is 0.122 e. The Labute approximate surface area is 115 Å². The number of likely N-dealkylation sites (N-methyl/N-ethyl adjacent to an activating group) is 1. The predicted octanol–water partition coefficient (Wildman–Crippen LogP) is 1.99. The number of nitrogens with zero attached hydrogens (tertiary/aromatic N) is 1. The van der Waals surface area contributed by atoms with Crippen LogP contribution in [0.4, 0.5) is 5.69 Å². The van der Waals surface area contributed by atoms with Crippen LogP contribution in [0.1, 0.15) is 18.1 Å². The maximum atomic E-state index is 5.90. The van der Waals surface area contributed by atoms with Gasteiger partial charge in [0.2, 0.25) is 0 Å². The first kappa shape index (κ1) is 14.2. The van der Waals surface area contributed by atoms with Gasteiger partial charge in [0.15, 0.2) is 0 Å². The first-order chi connectivity index (χ1) is 9.10. The van der Waals surface area contributed by atoms with Gasteiger partial charge in [-0.05, 0) is 43.7 Å². The number of morpholine rings is 1. The van der Waals surface area contributed by atoms with Gasteiger partial charge in [0.1, 0.15) is 18.5 Å². The van der Waals surface area contributed by atoms with E-state index in [1.54, 1.807) is 0 Å². The molecular formula is C15H24N2O2. The van der Waals surface area contributed by atoms with E-state index in [0.717, 1.165) is 48.8 Å². The molecule has 1 aromatic carbocycles. The second-order valence-corrected chi connectivity index (χ2v) is 5.17. The Hall–Kier alpha value is -1.26. The maximum Gasteiger partial charge on any atom is 0.122 e. The molecule has 1 fully saturated rings. The molecule has 0 saturated carbocycles. The zero-order valence-electron chi connectivity index (χ0n) is 12.1. The van der Waals surface area contributed by atoms with Gasteiger partial charge in [0.25, 0.3) is 0 Å². The van der Waals surface area contributed by atoms with E-state index in [1.807, 2.05) is 26.0 Å². The maximum absolute atomic E-state index is 5.90. The molecule has 19 heavy (non-hydrogen) atoms. The summed E-state index contributed by atoms with van der Waals surface area (Å²) in [7, 11) is 0. The normalized spacial score (nSPS) is 20.5. The number of benzene rings is 1. The highest BCUT2D eigenvalue weighted by Crippen LogP contribution is 2.24. The van der Waals surface area contributed by atoms with Crippen LogP contribution in [0.3, 0.4) is 0 Å². The van der Waals surface area contributed by atoms with Crippen LogP contribution in [0, 0.1) is 13.8 Å². The molecule has 0 aromatic heterocycles. The summed E-state index contributed by atoms with van der Waals surface area (Å²) in [5.41, 5.74) is 8.82. The third-order valence-corrected chi connectivity index (χ3v) is 3.66. The Bertz CT molecular complexity index is 434. The van der Waals surface area contributed by atoms with Crippen molar-refractivity contribution in [1.29, 1.82) is 0 Å². The monoisotopic (exact) mass is 264 g/mol. The number of aryl methyl sites for hydroxylation is 2. The van der Waals surface area contributed by atoms with Gasteiger partial charge in [-0.15, -0.1) is 0 Å². The zero-order chi connectivity index (χ0) is 13.8. The third-order valence-electron chi connectivity index (χ3n) is 3.66. The molecule has 106 valence electrons. The topological polar surface area (TPSA) is 47.7 Å². The zero-order valence-corrected chi connectivity index (χ0v) is 12.1. The van der Waals surface area contributed by atoms with Crippen molar-refractivity contribution >= 4 is 5.69 Å². The van der Waals surface area contributed by atoms with Crippen LogP contribution in [0.2, 0.25) is 0 Å². The summed E-state index contributed by atoms with van der Waals surface area (Å²) in [6, 6.07) is 3.97. The summed E-state index contributed by atoms with van der Waals surface area (Å²) in [6.45, 7) is 10.6. The number of hydrogen-bond acceptors (Lipinski definition) is 4. The number of nitrogen functional groups attached to an aromatic ring is 1. The van der Waals surface area contributed by atoms with Gasteiger partial charge in [-0.2, -0.15) is 0 Å². The van der Waals surface area contributed by atoms with E-state index in [0.29, 0.717) is 6.61 Å². The average molecular weight is 264 g/mol. The number of ether oxygens (including phenoxy) is 2. The van der Waals surface area contributed by atoms with Crippen LogP contribution in [-0.4, -0.2) is 43.9 Å². The summed E-state index contributed by atoms with van der Waals surface area (Å²) >= 11 is 0. The van der Waals surface area contributed by atoms with Crippen molar-refractivity contribution < 1.29 is 9.47 Å². The van der Waals surface area contributed by atoms with Crippen molar-refractivity contribution in [2.45, 2.75) is 26.9 Å². The molecule has 1 aliphatic rings. The van der Waals surface area contributed by atoms with E-state index in [4.69, 9.17) is 15.2 Å². The lowest BCUT2D eigenvalue weighted by Crippen LogP contribution is -2.44. The van der Waals surface area contributed by atoms with Gasteiger partial charge >= 0.3 is 0 Å². The molecule has 0 radical (unpaired) electrons. The molecular weight excluding hydrogens is 240 g/mol.